The van der Waals surface area contributed by atoms with E-state index in [0.717, 1.165) is 0 Å². The van der Waals surface area contributed by atoms with E-state index in [1.165, 1.54) is 9.80 Å². The van der Waals surface area contributed by atoms with Crippen LogP contribution in [0.25, 0.3) is 0 Å². The van der Waals surface area contributed by atoms with E-state index in [1.54, 1.807) is 86.0 Å². The Morgan fingerprint density at radius 2 is 1.57 bits per heavy atom. The molecular formula is C35H54N6O8. The normalized spacial score (nSPS) is 19.2. The topological polar surface area (TPSA) is 183 Å². The number of carbonyl (C=O) groups is 7. The number of carbonyl (C=O) groups excluding carboxylic acids is 7. The minimum atomic E-state index is -1.22. The lowest BCUT2D eigenvalue weighted by molar-refractivity contribution is -0.144. The monoisotopic (exact) mass is 686 g/mol. The molecule has 14 heteroatoms. The van der Waals surface area contributed by atoms with Gasteiger partial charge in [0.1, 0.15) is 18.1 Å². The number of alkyl carbamates (subject to hydrolysis) is 1. The molecule has 0 saturated carbocycles. The average molecular weight is 687 g/mol. The molecule has 1 aliphatic heterocycles. The molecule has 1 heterocycles. The average Bonchev–Trinajstić information content (AvgIpc) is 3.33. The minimum Gasteiger partial charge on any atom is -0.447 e. The van der Waals surface area contributed by atoms with Crippen LogP contribution in [0.3, 0.4) is 0 Å². The number of nitrogens with one attached hydrogen (secondary N) is 4. The molecule has 272 valence electrons. The second kappa shape index (κ2) is 17.8. The predicted molar refractivity (Wildman–Crippen MR) is 183 cm³/mol. The fourth-order valence-electron chi connectivity index (χ4n) is 5.60. The molecule has 1 aliphatic rings. The van der Waals surface area contributed by atoms with Gasteiger partial charge in [0.15, 0.2) is 0 Å². The first kappa shape index (κ1) is 40.7. The van der Waals surface area contributed by atoms with E-state index in [1.807, 2.05) is 13.8 Å². The summed E-state index contributed by atoms with van der Waals surface area (Å²) in [4.78, 5) is 94.8. The van der Waals surface area contributed by atoms with Gasteiger partial charge in [-0.05, 0) is 43.1 Å². The highest BCUT2D eigenvalue weighted by Crippen LogP contribution is 2.32. The molecule has 1 aromatic carbocycles. The molecule has 0 radical (unpaired) electrons. The number of nitrogens with zero attached hydrogens (tertiary/aromatic N) is 2. The molecule has 1 fully saturated rings. The van der Waals surface area contributed by atoms with Crippen molar-refractivity contribution in [3.63, 3.8) is 0 Å². The molecule has 0 aliphatic carbocycles. The molecule has 6 atom stereocenters. The number of Topliss-reactive ketones (excluding diaryl/α,β-unsaturated/α-hetero) is 1. The zero-order valence-electron chi connectivity index (χ0n) is 30.4. The summed E-state index contributed by atoms with van der Waals surface area (Å²) in [7, 11) is 3.11. The molecule has 0 bridgehead atoms. The Morgan fingerprint density at radius 1 is 0.959 bits per heavy atom. The Kier molecular flexibility index (Phi) is 14.8. The quantitative estimate of drug-likeness (QED) is 0.214. The Labute approximate surface area is 289 Å². The molecule has 4 N–H and O–H groups in total. The highest BCUT2D eigenvalue weighted by molar-refractivity contribution is 6.38. The zero-order chi connectivity index (χ0) is 37.2. The lowest BCUT2D eigenvalue weighted by atomic mass is 9.85. The molecule has 1 saturated heterocycles. The fourth-order valence-corrected chi connectivity index (χ4v) is 5.60. The fraction of sp³-hybridized carbons (Fsp3) is 0.629. The van der Waals surface area contributed by atoms with Gasteiger partial charge in [-0.3, -0.25) is 28.8 Å². The minimum absolute atomic E-state index is 0.0795. The van der Waals surface area contributed by atoms with Crippen LogP contribution in [-0.4, -0.2) is 103 Å². The second-order valence-corrected chi connectivity index (χ2v) is 14.2. The van der Waals surface area contributed by atoms with Gasteiger partial charge in [-0.25, -0.2) is 4.79 Å². The van der Waals surface area contributed by atoms with E-state index in [2.05, 4.69) is 21.3 Å². The molecule has 49 heavy (non-hydrogen) atoms. The van der Waals surface area contributed by atoms with Crippen molar-refractivity contribution in [2.24, 2.45) is 17.3 Å². The van der Waals surface area contributed by atoms with Crippen molar-refractivity contribution in [3.8, 4) is 0 Å². The van der Waals surface area contributed by atoms with Crippen molar-refractivity contribution in [2.45, 2.75) is 98.5 Å². The van der Waals surface area contributed by atoms with E-state index in [-0.39, 0.29) is 30.7 Å². The number of likely N-dealkylation sites (N-methyl/N-ethyl adjacent to an activating group) is 1. The van der Waals surface area contributed by atoms with E-state index in [4.69, 9.17) is 4.74 Å². The van der Waals surface area contributed by atoms with Crippen LogP contribution < -0.4 is 21.3 Å². The molecular weight excluding hydrogens is 632 g/mol. The highest BCUT2D eigenvalue weighted by atomic mass is 16.6. The maximum absolute atomic E-state index is 14.0. The van der Waals surface area contributed by atoms with Gasteiger partial charge in [-0.15, -0.1) is 0 Å². The largest absolute Gasteiger partial charge is 0.447 e. The number of likely N-dealkylation sites (tertiary alicyclic amines) is 1. The van der Waals surface area contributed by atoms with Gasteiger partial charge < -0.3 is 35.8 Å². The van der Waals surface area contributed by atoms with Crippen LogP contribution in [0.4, 0.5) is 4.79 Å². The molecule has 1 aromatic rings. The van der Waals surface area contributed by atoms with Gasteiger partial charge in [0.25, 0.3) is 5.91 Å². The van der Waals surface area contributed by atoms with Gasteiger partial charge in [0.05, 0.1) is 18.7 Å². The lowest BCUT2D eigenvalue weighted by Crippen LogP contribution is -2.60. The van der Waals surface area contributed by atoms with Gasteiger partial charge in [0, 0.05) is 20.6 Å². The third kappa shape index (κ3) is 11.3. The van der Waals surface area contributed by atoms with Gasteiger partial charge in [-0.1, -0.05) is 78.3 Å². The Balaban J connectivity index is 2.17. The smallest absolute Gasteiger partial charge is 0.408 e. The summed E-state index contributed by atoms with van der Waals surface area (Å²) in [6, 6.07) is 4.41. The molecule has 14 nitrogen and oxygen atoms in total. The summed E-state index contributed by atoms with van der Waals surface area (Å²) >= 11 is 0. The summed E-state index contributed by atoms with van der Waals surface area (Å²) in [5, 5.41) is 10.2. The standard InChI is InChI=1S/C35H54N6O8/c1-11-15-24(28(43)31(45)36-18-25(42)38-26(32(46)40(9)10)23-16-13-12-14-17-23)37-30(44)27-22(5)21(4)19-41(27)33(47)29(35(6,7)8)39-34(48)49-20(2)3/h12-14,16-17,20-22,24,26-27,29H,11,15,18-19H2,1-10H3,(H,36,45)(H,37,44)(H,38,42)(H,39,48)/t21-,22-,24-,26-,27-,29+/m0/s1. The summed E-state index contributed by atoms with van der Waals surface area (Å²) in [6.45, 7) is 13.9. The van der Waals surface area contributed by atoms with E-state index < -0.39 is 77.7 Å². The van der Waals surface area contributed by atoms with Crippen LogP contribution >= 0.6 is 0 Å². The van der Waals surface area contributed by atoms with Gasteiger partial charge >= 0.3 is 6.09 Å². The van der Waals surface area contributed by atoms with Gasteiger partial charge in [-0.2, -0.15) is 0 Å². The lowest BCUT2D eigenvalue weighted by Gasteiger charge is -2.36. The van der Waals surface area contributed by atoms with Crippen LogP contribution in [0.15, 0.2) is 30.3 Å². The van der Waals surface area contributed by atoms with Crippen molar-refractivity contribution in [1.29, 1.82) is 0 Å². The van der Waals surface area contributed by atoms with Crippen molar-refractivity contribution < 1.29 is 38.3 Å². The number of benzene rings is 1. The number of hydrogen-bond acceptors (Lipinski definition) is 8. The van der Waals surface area contributed by atoms with Crippen LogP contribution in [-0.2, 0) is 33.5 Å². The van der Waals surface area contributed by atoms with Crippen LogP contribution in [0.2, 0.25) is 0 Å². The molecule has 0 aromatic heterocycles. The first-order chi connectivity index (χ1) is 22.8. The van der Waals surface area contributed by atoms with Crippen molar-refractivity contribution in [2.75, 3.05) is 27.2 Å². The first-order valence-electron chi connectivity index (χ1n) is 16.8. The van der Waals surface area contributed by atoms with E-state index in [0.29, 0.717) is 12.0 Å². The maximum atomic E-state index is 14.0. The number of ketones is 1. The highest BCUT2D eigenvalue weighted by Gasteiger charge is 2.48. The maximum Gasteiger partial charge on any atom is 0.408 e. The molecule has 6 amide bonds. The first-order valence-corrected chi connectivity index (χ1v) is 16.8. The van der Waals surface area contributed by atoms with Crippen molar-refractivity contribution >= 4 is 41.4 Å². The summed E-state index contributed by atoms with van der Waals surface area (Å²) in [5.41, 5.74) is -0.180. The van der Waals surface area contributed by atoms with Crippen LogP contribution in [0, 0.1) is 17.3 Å². The van der Waals surface area contributed by atoms with Crippen molar-refractivity contribution in [1.82, 2.24) is 31.1 Å². The molecule has 0 unspecified atom stereocenters. The van der Waals surface area contributed by atoms with Crippen LogP contribution in [0.5, 0.6) is 0 Å². The number of rotatable bonds is 14. The summed E-state index contributed by atoms with van der Waals surface area (Å²) in [5.74, 6) is -4.55. The number of ether oxygens (including phenoxy) is 1. The van der Waals surface area contributed by atoms with Crippen LogP contribution in [0.1, 0.15) is 79.8 Å². The van der Waals surface area contributed by atoms with Gasteiger partial charge in [0.2, 0.25) is 29.4 Å². The SMILES string of the molecule is CCC[C@H](NC(=O)[C@@H]1[C@@H](C)[C@@H](C)CN1C(=O)[C@@H](NC(=O)OC(C)C)C(C)(C)C)C(=O)C(=O)NCC(=O)N[C@H](C(=O)N(C)C)c1ccccc1. The predicted octanol–water partition coefficient (Wildman–Crippen LogP) is 1.93. The third-order valence-corrected chi connectivity index (χ3v) is 8.46. The third-order valence-electron chi connectivity index (χ3n) is 8.46. The number of amides is 6. The Morgan fingerprint density at radius 3 is 2.10 bits per heavy atom. The molecule has 2 rings (SSSR count). The summed E-state index contributed by atoms with van der Waals surface area (Å²) < 4.78 is 5.21. The number of hydrogen-bond donors (Lipinski definition) is 4. The molecule has 0 spiro atoms. The van der Waals surface area contributed by atoms with E-state index >= 15 is 0 Å². The Bertz CT molecular complexity index is 1360. The Hall–Kier alpha value is -4.49. The zero-order valence-corrected chi connectivity index (χ0v) is 30.4. The van der Waals surface area contributed by atoms with E-state index in [9.17, 15) is 33.6 Å². The summed E-state index contributed by atoms with van der Waals surface area (Å²) in [6.07, 6.45) is -0.574. The van der Waals surface area contributed by atoms with Crippen molar-refractivity contribution in [3.05, 3.63) is 35.9 Å². The second-order valence-electron chi connectivity index (χ2n) is 14.2.